The standard InChI is InChI=1S/C5H6O5.2C4H9N3O2/c6-3(5(9)10)1-2-4(7)8;2*1-7(4(5)6)2-3(8)9/h1-2H2,(H,7,8)(H,9,10);2*2H2,1H3,(H3,5,6)(H,8,9). The van der Waals surface area contributed by atoms with Gasteiger partial charge in [0.1, 0.15) is 13.1 Å². The first kappa shape index (κ1) is 28.9. The van der Waals surface area contributed by atoms with Crippen LogP contribution in [0.2, 0.25) is 0 Å². The number of aliphatic carboxylic acids is 4. The number of carboxylic acids is 4. The van der Waals surface area contributed by atoms with Gasteiger partial charge in [-0.3, -0.25) is 30.0 Å². The molecule has 0 aromatic carbocycles. The van der Waals surface area contributed by atoms with Crippen molar-refractivity contribution in [3.05, 3.63) is 0 Å². The maximum Gasteiger partial charge on any atom is 0.372 e. The van der Waals surface area contributed by atoms with Crippen LogP contribution in [0.5, 0.6) is 0 Å². The van der Waals surface area contributed by atoms with Crippen molar-refractivity contribution >= 4 is 41.6 Å². The van der Waals surface area contributed by atoms with E-state index in [0.29, 0.717) is 0 Å². The molecule has 0 aromatic rings. The highest BCUT2D eigenvalue weighted by Gasteiger charge is 2.12. The number of rotatable bonds is 8. The Kier molecular flexibility index (Phi) is 15.8. The smallest absolute Gasteiger partial charge is 0.372 e. The molecular formula is C13H24N6O9. The van der Waals surface area contributed by atoms with E-state index in [1.165, 1.54) is 14.1 Å². The molecule has 0 aliphatic carbocycles. The first-order valence-electron chi connectivity index (χ1n) is 7.13. The molecule has 15 heteroatoms. The van der Waals surface area contributed by atoms with Gasteiger partial charge in [0.05, 0.1) is 6.42 Å². The lowest BCUT2D eigenvalue weighted by molar-refractivity contribution is -0.149. The predicted molar refractivity (Wildman–Crippen MR) is 93.9 cm³/mol. The van der Waals surface area contributed by atoms with Gasteiger partial charge in [0, 0.05) is 20.5 Å². The zero-order valence-electron chi connectivity index (χ0n) is 15.2. The third kappa shape index (κ3) is 22.1. The average Bonchev–Trinajstić information content (AvgIpc) is 2.52. The highest BCUT2D eigenvalue weighted by Crippen LogP contribution is 1.90. The molecule has 0 fully saturated rings. The lowest BCUT2D eigenvalue weighted by atomic mass is 10.2. The molecule has 28 heavy (non-hydrogen) atoms. The lowest BCUT2D eigenvalue weighted by Crippen LogP contribution is -2.36. The fraction of sp³-hybridized carbons (Fsp3) is 0.462. The van der Waals surface area contributed by atoms with Crippen LogP contribution in [0, 0.1) is 10.8 Å². The highest BCUT2D eigenvalue weighted by atomic mass is 16.4. The van der Waals surface area contributed by atoms with Crippen LogP contribution in [0.15, 0.2) is 0 Å². The van der Waals surface area contributed by atoms with Crippen LogP contribution in [0.3, 0.4) is 0 Å². The number of likely N-dealkylation sites (N-methyl/N-ethyl adjacent to an activating group) is 2. The molecule has 0 atom stereocenters. The van der Waals surface area contributed by atoms with Crippen LogP contribution in [0.1, 0.15) is 12.8 Å². The van der Waals surface area contributed by atoms with E-state index in [-0.39, 0.29) is 25.0 Å². The number of nitrogens with one attached hydrogen (secondary N) is 2. The third-order valence-electron chi connectivity index (χ3n) is 2.37. The summed E-state index contributed by atoms with van der Waals surface area (Å²) in [7, 11) is 2.88. The zero-order chi connectivity index (χ0) is 23.0. The van der Waals surface area contributed by atoms with Gasteiger partial charge >= 0.3 is 23.9 Å². The van der Waals surface area contributed by atoms with E-state index in [0.717, 1.165) is 9.80 Å². The summed E-state index contributed by atoms with van der Waals surface area (Å²) in [6.07, 6.45) is -0.865. The Labute approximate surface area is 159 Å². The number of carboxylic acid groups (broad SMARTS) is 4. The van der Waals surface area contributed by atoms with E-state index in [2.05, 4.69) is 0 Å². The molecule has 0 aliphatic rings. The second-order valence-electron chi connectivity index (χ2n) is 4.89. The molecule has 0 saturated carbocycles. The van der Waals surface area contributed by atoms with Gasteiger partial charge in [0.15, 0.2) is 11.9 Å². The Hall–Kier alpha value is -3.91. The van der Waals surface area contributed by atoms with Crippen molar-refractivity contribution in [2.75, 3.05) is 27.2 Å². The molecule has 15 nitrogen and oxygen atoms in total. The second-order valence-corrected chi connectivity index (χ2v) is 4.89. The van der Waals surface area contributed by atoms with E-state index in [4.69, 9.17) is 42.7 Å². The van der Waals surface area contributed by atoms with Gasteiger partial charge in [0.25, 0.3) is 0 Å². The number of nitrogens with zero attached hydrogens (tertiary/aromatic N) is 2. The summed E-state index contributed by atoms with van der Waals surface area (Å²) >= 11 is 0. The van der Waals surface area contributed by atoms with Crippen LogP contribution in [-0.4, -0.2) is 99.0 Å². The second kappa shape index (κ2) is 15.4. The molecule has 10 N–H and O–H groups in total. The van der Waals surface area contributed by atoms with Gasteiger partial charge < -0.3 is 41.7 Å². The van der Waals surface area contributed by atoms with Crippen LogP contribution >= 0.6 is 0 Å². The molecule has 0 amide bonds. The molecule has 0 aliphatic heterocycles. The maximum absolute atomic E-state index is 10.2. The van der Waals surface area contributed by atoms with E-state index >= 15 is 0 Å². The molecule has 0 aromatic heterocycles. The fourth-order valence-corrected chi connectivity index (χ4v) is 0.904. The first-order valence-corrected chi connectivity index (χ1v) is 7.13. The van der Waals surface area contributed by atoms with E-state index in [1.807, 2.05) is 0 Å². The summed E-state index contributed by atoms with van der Waals surface area (Å²) < 4.78 is 0. The maximum atomic E-state index is 10.2. The number of ketones is 1. The highest BCUT2D eigenvalue weighted by molar-refractivity contribution is 6.32. The minimum absolute atomic E-state index is 0.227. The van der Waals surface area contributed by atoms with Gasteiger partial charge in [-0.05, 0) is 0 Å². The average molecular weight is 408 g/mol. The van der Waals surface area contributed by atoms with Crippen molar-refractivity contribution in [2.24, 2.45) is 11.5 Å². The van der Waals surface area contributed by atoms with E-state index < -0.39 is 42.5 Å². The third-order valence-corrected chi connectivity index (χ3v) is 2.37. The summed E-state index contributed by atoms with van der Waals surface area (Å²) in [6, 6.07) is 0. The molecular weight excluding hydrogens is 384 g/mol. The number of hydrogen-bond donors (Lipinski definition) is 8. The SMILES string of the molecule is CN(CC(=O)O)C(=N)N.CN(CC(=O)O)C(=N)N.O=C(O)CCC(=O)C(=O)O. The Balaban J connectivity index is -0.000000336. The summed E-state index contributed by atoms with van der Waals surface area (Å²) in [5.74, 6) is -6.28. The van der Waals surface area contributed by atoms with E-state index in [1.54, 1.807) is 0 Å². The monoisotopic (exact) mass is 408 g/mol. The fourth-order valence-electron chi connectivity index (χ4n) is 0.904. The Bertz CT molecular complexity index is 575. The van der Waals surface area contributed by atoms with Crippen molar-refractivity contribution < 1.29 is 44.4 Å². The van der Waals surface area contributed by atoms with Gasteiger partial charge in [-0.25, -0.2) is 4.79 Å². The van der Waals surface area contributed by atoms with Gasteiger partial charge in [-0.15, -0.1) is 0 Å². The van der Waals surface area contributed by atoms with Gasteiger partial charge in [-0.1, -0.05) is 0 Å². The van der Waals surface area contributed by atoms with Crippen molar-refractivity contribution in [3.8, 4) is 0 Å². The number of hydrogen-bond acceptors (Lipinski definition) is 7. The number of carbonyl (C=O) groups excluding carboxylic acids is 1. The largest absolute Gasteiger partial charge is 0.481 e. The molecule has 0 bridgehead atoms. The molecule has 0 heterocycles. The van der Waals surface area contributed by atoms with Crippen molar-refractivity contribution in [1.29, 1.82) is 10.8 Å². The zero-order valence-corrected chi connectivity index (χ0v) is 15.2. The number of Topliss-reactive ketones (excluding diaryl/α,β-unsaturated/α-hetero) is 1. The Morgan fingerprint density at radius 3 is 1.18 bits per heavy atom. The minimum Gasteiger partial charge on any atom is -0.481 e. The first-order chi connectivity index (χ1) is 12.6. The van der Waals surface area contributed by atoms with Crippen LogP contribution in [0.25, 0.3) is 0 Å². The summed E-state index contributed by atoms with van der Waals surface area (Å²) in [4.78, 5) is 51.8. The molecule has 0 unspecified atom stereocenters. The molecule has 0 radical (unpaired) electrons. The van der Waals surface area contributed by atoms with Gasteiger partial charge in [0.2, 0.25) is 5.78 Å². The lowest BCUT2D eigenvalue weighted by Gasteiger charge is -2.12. The van der Waals surface area contributed by atoms with Crippen LogP contribution in [0.4, 0.5) is 0 Å². The minimum atomic E-state index is -1.58. The molecule has 160 valence electrons. The van der Waals surface area contributed by atoms with Crippen LogP contribution < -0.4 is 11.5 Å². The number of nitrogens with two attached hydrogens (primary N) is 2. The number of carbonyl (C=O) groups is 5. The van der Waals surface area contributed by atoms with Crippen molar-refractivity contribution in [1.82, 2.24) is 9.80 Å². The Morgan fingerprint density at radius 1 is 0.714 bits per heavy atom. The molecule has 0 spiro atoms. The summed E-state index contributed by atoms with van der Waals surface area (Å²) in [5.41, 5.74) is 9.86. The van der Waals surface area contributed by atoms with Crippen LogP contribution in [-0.2, 0) is 24.0 Å². The quantitative estimate of drug-likeness (QED) is 0.115. The summed E-state index contributed by atoms with van der Waals surface area (Å²) in [6.45, 7) is -0.454. The van der Waals surface area contributed by atoms with E-state index in [9.17, 15) is 24.0 Å². The topological polar surface area (TPSA) is 272 Å². The molecule has 0 rings (SSSR count). The normalized spacial score (nSPS) is 8.64. The summed E-state index contributed by atoms with van der Waals surface area (Å²) in [5, 5.41) is 45.7. The number of guanidine groups is 2. The molecule has 0 saturated heterocycles. The van der Waals surface area contributed by atoms with Gasteiger partial charge in [-0.2, -0.15) is 0 Å². The predicted octanol–water partition coefficient (Wildman–Crippen LogP) is -2.70. The van der Waals surface area contributed by atoms with Crippen molar-refractivity contribution in [2.45, 2.75) is 12.8 Å². The van der Waals surface area contributed by atoms with Crippen molar-refractivity contribution in [3.63, 3.8) is 0 Å². The Morgan fingerprint density at radius 2 is 1.04 bits per heavy atom.